The number of aryl methyl sites for hydroxylation is 1. The molecule has 1 aromatic carbocycles. The van der Waals surface area contributed by atoms with Gasteiger partial charge in [-0.15, -0.1) is 0 Å². The molecule has 0 spiro atoms. The monoisotopic (exact) mass is 273 g/mol. The third-order valence-electron chi connectivity index (χ3n) is 3.39. The van der Waals surface area contributed by atoms with E-state index >= 15 is 0 Å². The van der Waals surface area contributed by atoms with Gasteiger partial charge < -0.3 is 5.32 Å². The lowest BCUT2D eigenvalue weighted by Crippen LogP contribution is -2.21. The number of benzene rings is 1. The van der Waals surface area contributed by atoms with E-state index in [1.165, 1.54) is 36.8 Å². The fourth-order valence-electron chi connectivity index (χ4n) is 2.33. The predicted octanol–water partition coefficient (Wildman–Crippen LogP) is 4.81. The van der Waals surface area contributed by atoms with Gasteiger partial charge in [0.25, 0.3) is 0 Å². The van der Waals surface area contributed by atoms with Crippen LogP contribution in [0.1, 0.15) is 43.4 Å². The molecule has 1 nitrogen and oxygen atoms in total. The minimum atomic E-state index is 0.523. The smallest absolute Gasteiger partial charge is 0.0328 e. The summed E-state index contributed by atoms with van der Waals surface area (Å²) >= 11 is 1.79. The highest BCUT2D eigenvalue weighted by molar-refractivity contribution is 7.07. The molecule has 19 heavy (non-hydrogen) atoms. The first-order valence-electron chi connectivity index (χ1n) is 7.19. The standard InChI is InChI=1S/C17H23NS/c1-2-12-18-17(16-11-13-19-14-16)10-6-9-15-7-4-3-5-8-15/h3-5,7-8,11,13-14,17-18H,2,6,9-10,12H2,1H3. The van der Waals surface area contributed by atoms with Gasteiger partial charge in [0.2, 0.25) is 0 Å². The molecule has 0 aliphatic rings. The summed E-state index contributed by atoms with van der Waals surface area (Å²) in [4.78, 5) is 0. The molecule has 102 valence electrons. The summed E-state index contributed by atoms with van der Waals surface area (Å²) in [5.41, 5.74) is 2.90. The van der Waals surface area contributed by atoms with Crippen LogP contribution in [0.15, 0.2) is 47.2 Å². The molecule has 1 N–H and O–H groups in total. The molecular formula is C17H23NS. The van der Waals surface area contributed by atoms with Gasteiger partial charge in [-0.2, -0.15) is 11.3 Å². The van der Waals surface area contributed by atoms with Crippen molar-refractivity contribution in [3.63, 3.8) is 0 Å². The quantitative estimate of drug-likeness (QED) is 0.727. The molecule has 0 fully saturated rings. The molecule has 1 aromatic heterocycles. The fourth-order valence-corrected chi connectivity index (χ4v) is 3.05. The van der Waals surface area contributed by atoms with E-state index in [2.05, 4.69) is 59.4 Å². The molecule has 0 saturated carbocycles. The molecule has 0 aliphatic heterocycles. The SMILES string of the molecule is CCCNC(CCCc1ccccc1)c1ccsc1. The Bertz CT molecular complexity index is 436. The first-order chi connectivity index (χ1) is 9.40. The van der Waals surface area contributed by atoms with Crippen molar-refractivity contribution >= 4 is 11.3 Å². The molecule has 0 bridgehead atoms. The van der Waals surface area contributed by atoms with Crippen LogP contribution >= 0.6 is 11.3 Å². The zero-order valence-corrected chi connectivity index (χ0v) is 12.5. The lowest BCUT2D eigenvalue weighted by Gasteiger charge is -2.17. The van der Waals surface area contributed by atoms with Gasteiger partial charge in [-0.05, 0) is 60.2 Å². The van der Waals surface area contributed by atoms with Crippen LogP contribution in [0, 0.1) is 0 Å². The Balaban J connectivity index is 1.83. The van der Waals surface area contributed by atoms with Gasteiger partial charge in [0.15, 0.2) is 0 Å². The highest BCUT2D eigenvalue weighted by Gasteiger charge is 2.10. The third-order valence-corrected chi connectivity index (χ3v) is 4.09. The zero-order valence-electron chi connectivity index (χ0n) is 11.6. The summed E-state index contributed by atoms with van der Waals surface area (Å²) in [6.45, 7) is 3.33. The number of hydrogen-bond acceptors (Lipinski definition) is 2. The molecule has 2 heteroatoms. The normalized spacial score (nSPS) is 12.5. The molecule has 2 rings (SSSR count). The van der Waals surface area contributed by atoms with E-state index < -0.39 is 0 Å². The summed E-state index contributed by atoms with van der Waals surface area (Å²) < 4.78 is 0. The Morgan fingerprint density at radius 3 is 2.68 bits per heavy atom. The van der Waals surface area contributed by atoms with Crippen molar-refractivity contribution in [2.24, 2.45) is 0 Å². The summed E-state index contributed by atoms with van der Waals surface area (Å²) in [6.07, 6.45) is 4.82. The summed E-state index contributed by atoms with van der Waals surface area (Å²) in [6, 6.07) is 13.6. The van der Waals surface area contributed by atoms with Crippen LogP contribution in [0.5, 0.6) is 0 Å². The molecule has 1 atom stereocenters. The first-order valence-corrected chi connectivity index (χ1v) is 8.14. The van der Waals surface area contributed by atoms with Crippen molar-refractivity contribution < 1.29 is 0 Å². The van der Waals surface area contributed by atoms with E-state index in [1.54, 1.807) is 11.3 Å². The predicted molar refractivity (Wildman–Crippen MR) is 84.7 cm³/mol. The average Bonchev–Trinajstić information content (AvgIpc) is 2.98. The Labute approximate surface area is 120 Å². The summed E-state index contributed by atoms with van der Waals surface area (Å²) in [5.74, 6) is 0. The molecule has 2 aromatic rings. The van der Waals surface area contributed by atoms with Gasteiger partial charge in [-0.25, -0.2) is 0 Å². The van der Waals surface area contributed by atoms with Crippen molar-refractivity contribution in [3.05, 3.63) is 58.3 Å². The Morgan fingerprint density at radius 1 is 1.16 bits per heavy atom. The van der Waals surface area contributed by atoms with Crippen molar-refractivity contribution in [1.29, 1.82) is 0 Å². The van der Waals surface area contributed by atoms with Crippen molar-refractivity contribution in [2.45, 2.75) is 38.6 Å². The maximum Gasteiger partial charge on any atom is 0.0328 e. The number of rotatable bonds is 8. The zero-order chi connectivity index (χ0) is 13.3. The van der Waals surface area contributed by atoms with Crippen LogP contribution in [-0.4, -0.2) is 6.54 Å². The average molecular weight is 273 g/mol. The lowest BCUT2D eigenvalue weighted by molar-refractivity contribution is 0.485. The number of hydrogen-bond donors (Lipinski definition) is 1. The second kappa shape index (κ2) is 8.13. The van der Waals surface area contributed by atoms with Crippen LogP contribution in [0.3, 0.4) is 0 Å². The van der Waals surface area contributed by atoms with E-state index in [1.807, 2.05) is 0 Å². The molecule has 0 radical (unpaired) electrons. The highest BCUT2D eigenvalue weighted by atomic mass is 32.1. The maximum atomic E-state index is 3.66. The minimum Gasteiger partial charge on any atom is -0.310 e. The second-order valence-corrected chi connectivity index (χ2v) is 5.72. The molecule has 1 unspecified atom stereocenters. The fraction of sp³-hybridized carbons (Fsp3) is 0.412. The molecule has 0 saturated heterocycles. The van der Waals surface area contributed by atoms with Crippen LogP contribution in [-0.2, 0) is 6.42 Å². The molecule has 1 heterocycles. The minimum absolute atomic E-state index is 0.523. The lowest BCUT2D eigenvalue weighted by atomic mass is 10.0. The van der Waals surface area contributed by atoms with E-state index in [9.17, 15) is 0 Å². The Hall–Kier alpha value is -1.12. The summed E-state index contributed by atoms with van der Waals surface area (Å²) in [7, 11) is 0. The van der Waals surface area contributed by atoms with E-state index in [4.69, 9.17) is 0 Å². The number of thiophene rings is 1. The van der Waals surface area contributed by atoms with Gasteiger partial charge in [-0.3, -0.25) is 0 Å². The number of nitrogens with one attached hydrogen (secondary N) is 1. The van der Waals surface area contributed by atoms with Crippen molar-refractivity contribution in [3.8, 4) is 0 Å². The van der Waals surface area contributed by atoms with Crippen molar-refractivity contribution in [1.82, 2.24) is 5.32 Å². The molecule has 0 amide bonds. The molecule has 0 aliphatic carbocycles. The van der Waals surface area contributed by atoms with Crippen LogP contribution in [0.4, 0.5) is 0 Å². The van der Waals surface area contributed by atoms with Crippen LogP contribution in [0.25, 0.3) is 0 Å². The van der Waals surface area contributed by atoms with E-state index in [0.29, 0.717) is 6.04 Å². The first kappa shape index (κ1) is 14.3. The largest absolute Gasteiger partial charge is 0.310 e. The van der Waals surface area contributed by atoms with Gasteiger partial charge >= 0.3 is 0 Å². The second-order valence-electron chi connectivity index (χ2n) is 4.94. The third kappa shape index (κ3) is 4.81. The maximum absolute atomic E-state index is 3.66. The van der Waals surface area contributed by atoms with E-state index in [-0.39, 0.29) is 0 Å². The topological polar surface area (TPSA) is 12.0 Å². The van der Waals surface area contributed by atoms with Gasteiger partial charge in [-0.1, -0.05) is 37.3 Å². The van der Waals surface area contributed by atoms with Gasteiger partial charge in [0, 0.05) is 6.04 Å². The van der Waals surface area contributed by atoms with Crippen LogP contribution in [0.2, 0.25) is 0 Å². The Morgan fingerprint density at radius 2 is 2.00 bits per heavy atom. The Kier molecular flexibility index (Phi) is 6.12. The van der Waals surface area contributed by atoms with Crippen molar-refractivity contribution in [2.75, 3.05) is 6.54 Å². The van der Waals surface area contributed by atoms with Gasteiger partial charge in [0.1, 0.15) is 0 Å². The molecular weight excluding hydrogens is 250 g/mol. The van der Waals surface area contributed by atoms with Gasteiger partial charge in [0.05, 0.1) is 0 Å². The van der Waals surface area contributed by atoms with E-state index in [0.717, 1.165) is 6.54 Å². The summed E-state index contributed by atoms with van der Waals surface area (Å²) in [5, 5.41) is 8.11. The highest BCUT2D eigenvalue weighted by Crippen LogP contribution is 2.22. The van der Waals surface area contributed by atoms with Crippen LogP contribution < -0.4 is 5.32 Å².